The van der Waals surface area contributed by atoms with Crippen molar-refractivity contribution in [3.05, 3.63) is 45.1 Å². The van der Waals surface area contributed by atoms with E-state index in [2.05, 4.69) is 15.5 Å². The van der Waals surface area contributed by atoms with E-state index in [-0.39, 0.29) is 23.2 Å². The predicted octanol–water partition coefficient (Wildman–Crippen LogP) is 2.74. The topological polar surface area (TPSA) is 108 Å². The number of nitrogens with zero attached hydrogens (tertiary/aromatic N) is 3. The number of anilines is 1. The number of methoxy groups -OCH3 is 1. The number of halogens is 1. The lowest BCUT2D eigenvalue weighted by Gasteiger charge is -2.08. The zero-order valence-electron chi connectivity index (χ0n) is 15.3. The van der Waals surface area contributed by atoms with Crippen molar-refractivity contribution in [3.63, 3.8) is 0 Å². The molecule has 9 nitrogen and oxygen atoms in total. The summed E-state index contributed by atoms with van der Waals surface area (Å²) >= 11 is 7.30. The summed E-state index contributed by atoms with van der Waals surface area (Å²) in [4.78, 5) is 24.5. The third-order valence-corrected chi connectivity index (χ3v) is 4.87. The third kappa shape index (κ3) is 4.24. The maximum Gasteiger partial charge on any atom is 0.379 e. The highest BCUT2D eigenvalue weighted by Gasteiger charge is 2.19. The number of rotatable bonds is 7. The summed E-state index contributed by atoms with van der Waals surface area (Å²) in [5.74, 6) is -0.732. The molecule has 0 bridgehead atoms. The van der Waals surface area contributed by atoms with Crippen LogP contribution in [-0.4, -0.2) is 41.0 Å². The van der Waals surface area contributed by atoms with E-state index < -0.39 is 11.5 Å². The Hall–Kier alpha value is -2.69. The first-order valence-corrected chi connectivity index (χ1v) is 9.32. The Morgan fingerprint density at radius 1 is 1.39 bits per heavy atom. The Balaban J connectivity index is 1.76. The molecule has 3 aromatic rings. The Labute approximate surface area is 168 Å². The van der Waals surface area contributed by atoms with Gasteiger partial charge in [-0.05, 0) is 19.1 Å². The minimum atomic E-state index is -0.741. The van der Waals surface area contributed by atoms with Gasteiger partial charge in [0.2, 0.25) is 10.9 Å². The van der Waals surface area contributed by atoms with Gasteiger partial charge in [-0.15, -0.1) is 10.2 Å². The van der Waals surface area contributed by atoms with Crippen LogP contribution >= 0.6 is 22.9 Å². The van der Waals surface area contributed by atoms with Gasteiger partial charge in [-0.3, -0.25) is 10.1 Å². The van der Waals surface area contributed by atoms with Crippen LogP contribution in [0.4, 0.5) is 5.13 Å². The molecule has 0 aliphatic heterocycles. The van der Waals surface area contributed by atoms with Crippen molar-refractivity contribution in [1.29, 1.82) is 0 Å². The number of aryl methyl sites for hydroxylation is 2. The summed E-state index contributed by atoms with van der Waals surface area (Å²) in [6, 6.07) is 3.17. The molecule has 3 aromatic heterocycles. The second-order valence-electron chi connectivity index (χ2n) is 5.74. The summed E-state index contributed by atoms with van der Waals surface area (Å²) in [5.41, 5.74) is 0.431. The Morgan fingerprint density at radius 3 is 2.82 bits per heavy atom. The highest BCUT2D eigenvalue weighted by Crippen LogP contribution is 2.32. The van der Waals surface area contributed by atoms with Gasteiger partial charge >= 0.3 is 5.63 Å². The van der Waals surface area contributed by atoms with E-state index in [0.29, 0.717) is 27.9 Å². The third-order valence-electron chi connectivity index (χ3n) is 3.72. The number of ether oxygens (including phenoxy) is 2. The summed E-state index contributed by atoms with van der Waals surface area (Å²) in [7, 11) is 3.35. The summed E-state index contributed by atoms with van der Waals surface area (Å²) < 4.78 is 17.1. The molecule has 0 aliphatic rings. The van der Waals surface area contributed by atoms with Crippen molar-refractivity contribution >= 4 is 34.0 Å². The minimum Gasteiger partial charge on any atom is -0.484 e. The van der Waals surface area contributed by atoms with Crippen molar-refractivity contribution in [2.24, 2.45) is 7.05 Å². The van der Waals surface area contributed by atoms with Crippen LogP contribution in [0, 0.1) is 6.92 Å². The van der Waals surface area contributed by atoms with Crippen LogP contribution < -0.4 is 15.7 Å². The normalized spacial score (nSPS) is 10.9. The van der Waals surface area contributed by atoms with Gasteiger partial charge in [-0.2, -0.15) is 0 Å². The van der Waals surface area contributed by atoms with Gasteiger partial charge in [0, 0.05) is 25.9 Å². The molecule has 28 heavy (non-hydrogen) atoms. The molecule has 0 spiro atoms. The molecule has 3 heterocycles. The van der Waals surface area contributed by atoms with Crippen molar-refractivity contribution < 1.29 is 18.7 Å². The quantitative estimate of drug-likeness (QED) is 0.581. The first kappa shape index (κ1) is 20.1. The lowest BCUT2D eigenvalue weighted by molar-refractivity contribution is 0.0989. The number of amides is 1. The average Bonchev–Trinajstić information content (AvgIpc) is 3.23. The number of carbonyl (C=O) groups excluding carboxylic acids is 1. The molecule has 0 atom stereocenters. The van der Waals surface area contributed by atoms with E-state index in [1.54, 1.807) is 23.8 Å². The Morgan fingerprint density at radius 2 is 2.18 bits per heavy atom. The van der Waals surface area contributed by atoms with E-state index in [1.807, 2.05) is 7.05 Å². The zero-order chi connectivity index (χ0) is 20.3. The largest absolute Gasteiger partial charge is 0.484 e. The lowest BCUT2D eigenvalue weighted by Crippen LogP contribution is -2.18. The van der Waals surface area contributed by atoms with Gasteiger partial charge in [0.15, 0.2) is 10.8 Å². The van der Waals surface area contributed by atoms with Gasteiger partial charge in [0.25, 0.3) is 5.91 Å². The Kier molecular flexibility index (Phi) is 6.12. The standard InChI is InChI=1S/C17H17ClN4O5S/c1-9-8-11(27-16(24)13(9)26-7-6-25-3)14(23)19-17-21-20-15(28-17)12-10(18)4-5-22(12)2/h4-5,8H,6-7H2,1-3H3,(H,19,21,23). The van der Waals surface area contributed by atoms with Gasteiger partial charge in [-0.25, -0.2) is 4.79 Å². The van der Waals surface area contributed by atoms with Gasteiger partial charge in [-0.1, -0.05) is 22.9 Å². The molecule has 0 aromatic carbocycles. The molecule has 0 saturated heterocycles. The molecular formula is C17H17ClN4O5S. The van der Waals surface area contributed by atoms with Gasteiger partial charge < -0.3 is 18.5 Å². The van der Waals surface area contributed by atoms with E-state index in [0.717, 1.165) is 11.3 Å². The number of hydrogen-bond acceptors (Lipinski definition) is 8. The molecule has 0 saturated carbocycles. The van der Waals surface area contributed by atoms with Crippen LogP contribution in [0.5, 0.6) is 5.75 Å². The fourth-order valence-electron chi connectivity index (χ4n) is 2.39. The van der Waals surface area contributed by atoms with Crippen molar-refractivity contribution in [2.45, 2.75) is 6.92 Å². The van der Waals surface area contributed by atoms with Crippen LogP contribution in [0.1, 0.15) is 16.1 Å². The van der Waals surface area contributed by atoms with Crippen molar-refractivity contribution in [3.8, 4) is 16.5 Å². The molecular weight excluding hydrogens is 408 g/mol. The molecule has 0 radical (unpaired) electrons. The van der Waals surface area contributed by atoms with Crippen LogP contribution in [0.15, 0.2) is 27.5 Å². The lowest BCUT2D eigenvalue weighted by atomic mass is 10.2. The van der Waals surface area contributed by atoms with E-state index in [4.69, 9.17) is 25.5 Å². The molecule has 3 rings (SSSR count). The maximum atomic E-state index is 12.4. The summed E-state index contributed by atoms with van der Waals surface area (Å²) in [6.07, 6.45) is 1.80. The van der Waals surface area contributed by atoms with Crippen molar-refractivity contribution in [2.75, 3.05) is 25.6 Å². The molecule has 0 aliphatic carbocycles. The summed E-state index contributed by atoms with van der Waals surface area (Å²) in [6.45, 7) is 2.17. The minimum absolute atomic E-state index is 0.0464. The van der Waals surface area contributed by atoms with Crippen LogP contribution in [0.3, 0.4) is 0 Å². The number of aromatic nitrogens is 3. The van der Waals surface area contributed by atoms with E-state index in [9.17, 15) is 9.59 Å². The van der Waals surface area contributed by atoms with Gasteiger partial charge in [0.05, 0.1) is 17.3 Å². The summed E-state index contributed by atoms with van der Waals surface area (Å²) in [5, 5.41) is 11.9. The van der Waals surface area contributed by atoms with Crippen LogP contribution in [-0.2, 0) is 11.8 Å². The number of hydrogen-bond donors (Lipinski definition) is 1. The highest BCUT2D eigenvalue weighted by atomic mass is 35.5. The SMILES string of the molecule is COCCOc1c(C)cc(C(=O)Nc2nnc(-c3c(Cl)ccn3C)s2)oc1=O. The monoisotopic (exact) mass is 424 g/mol. The second kappa shape index (κ2) is 8.55. The second-order valence-corrected chi connectivity index (χ2v) is 7.13. The zero-order valence-corrected chi connectivity index (χ0v) is 16.9. The van der Waals surface area contributed by atoms with E-state index >= 15 is 0 Å². The maximum absolute atomic E-state index is 12.4. The molecule has 0 fully saturated rings. The average molecular weight is 425 g/mol. The van der Waals surface area contributed by atoms with Gasteiger partial charge in [0.1, 0.15) is 6.61 Å². The number of nitrogens with one attached hydrogen (secondary N) is 1. The Bertz CT molecular complexity index is 1040. The first-order valence-electron chi connectivity index (χ1n) is 8.13. The van der Waals surface area contributed by atoms with Crippen LogP contribution in [0.2, 0.25) is 5.02 Å². The smallest absolute Gasteiger partial charge is 0.379 e. The molecule has 1 amide bonds. The van der Waals surface area contributed by atoms with Crippen LogP contribution in [0.25, 0.3) is 10.7 Å². The molecule has 1 N–H and O–H groups in total. The first-order chi connectivity index (χ1) is 13.4. The fourth-order valence-corrected chi connectivity index (χ4v) is 3.57. The predicted molar refractivity (Wildman–Crippen MR) is 104 cm³/mol. The fraction of sp³-hybridized carbons (Fsp3) is 0.294. The highest BCUT2D eigenvalue weighted by molar-refractivity contribution is 7.18. The van der Waals surface area contributed by atoms with Crippen molar-refractivity contribution in [1.82, 2.24) is 14.8 Å². The number of carbonyl (C=O) groups is 1. The molecule has 11 heteroatoms. The molecule has 148 valence electrons. The van der Waals surface area contributed by atoms with E-state index in [1.165, 1.54) is 13.2 Å². The molecule has 0 unspecified atom stereocenters.